The fraction of sp³-hybridized carbons (Fsp3) is 0.0588. The number of carbonyl (C=O) groups excluding carboxylic acids is 1. The van der Waals surface area contributed by atoms with Gasteiger partial charge in [0.15, 0.2) is 0 Å². The summed E-state index contributed by atoms with van der Waals surface area (Å²) in [6.45, 7) is 0.424. The number of amides is 1. The summed E-state index contributed by atoms with van der Waals surface area (Å²) in [5.41, 5.74) is 2.64. The third kappa shape index (κ3) is 2.43. The number of hydrogen-bond donors (Lipinski definition) is 1. The first kappa shape index (κ1) is 13.1. The third-order valence-electron chi connectivity index (χ3n) is 3.41. The number of carboxylic acids is 1. The van der Waals surface area contributed by atoms with Crippen LogP contribution in [0.4, 0.5) is 5.69 Å². The highest BCUT2D eigenvalue weighted by molar-refractivity contribution is 6.34. The second-order valence-electron chi connectivity index (χ2n) is 4.79. The van der Waals surface area contributed by atoms with Gasteiger partial charge in [0.05, 0.1) is 17.8 Å². The number of rotatable bonds is 3. The van der Waals surface area contributed by atoms with Crippen LogP contribution in [0, 0.1) is 0 Å². The first-order valence-corrected chi connectivity index (χ1v) is 6.56. The Bertz CT molecular complexity index is 735. The molecule has 4 heteroatoms. The van der Waals surface area contributed by atoms with E-state index in [0.29, 0.717) is 12.1 Å². The van der Waals surface area contributed by atoms with Gasteiger partial charge in [-0.2, -0.15) is 0 Å². The van der Waals surface area contributed by atoms with Gasteiger partial charge in [0.25, 0.3) is 5.91 Å². The Morgan fingerprint density at radius 3 is 2.43 bits per heavy atom. The van der Waals surface area contributed by atoms with E-state index in [0.717, 1.165) is 17.3 Å². The summed E-state index contributed by atoms with van der Waals surface area (Å²) in [5.74, 6) is -1.39. The Balaban J connectivity index is 2.03. The van der Waals surface area contributed by atoms with Crippen LogP contribution >= 0.6 is 0 Å². The maximum Gasteiger partial charge on any atom is 0.329 e. The summed E-state index contributed by atoms with van der Waals surface area (Å²) in [6.07, 6.45) is 0.978. The molecule has 0 spiro atoms. The zero-order chi connectivity index (χ0) is 14.8. The topological polar surface area (TPSA) is 57.6 Å². The molecule has 1 aliphatic heterocycles. The van der Waals surface area contributed by atoms with Crippen LogP contribution in [0.25, 0.3) is 5.57 Å². The van der Waals surface area contributed by atoms with Gasteiger partial charge in [0, 0.05) is 11.6 Å². The fourth-order valence-corrected chi connectivity index (χ4v) is 2.49. The zero-order valence-corrected chi connectivity index (χ0v) is 11.2. The largest absolute Gasteiger partial charge is 0.478 e. The molecule has 3 rings (SSSR count). The number of nitrogens with zero attached hydrogens (tertiary/aromatic N) is 1. The van der Waals surface area contributed by atoms with Crippen LogP contribution in [0.5, 0.6) is 0 Å². The zero-order valence-electron chi connectivity index (χ0n) is 11.2. The molecular formula is C17H13NO3. The van der Waals surface area contributed by atoms with E-state index in [2.05, 4.69) is 0 Å². The number of para-hydroxylation sites is 1. The quantitative estimate of drug-likeness (QED) is 0.879. The van der Waals surface area contributed by atoms with Gasteiger partial charge >= 0.3 is 5.97 Å². The Morgan fingerprint density at radius 2 is 1.71 bits per heavy atom. The smallest absolute Gasteiger partial charge is 0.329 e. The summed E-state index contributed by atoms with van der Waals surface area (Å²) in [4.78, 5) is 25.0. The Morgan fingerprint density at radius 1 is 1.05 bits per heavy atom. The Hall–Kier alpha value is -2.88. The van der Waals surface area contributed by atoms with E-state index in [1.165, 1.54) is 0 Å². The number of anilines is 1. The average molecular weight is 279 g/mol. The molecule has 0 aromatic heterocycles. The van der Waals surface area contributed by atoms with Gasteiger partial charge in [-0.3, -0.25) is 4.79 Å². The van der Waals surface area contributed by atoms with Crippen LogP contribution in [0.3, 0.4) is 0 Å². The predicted molar refractivity (Wildman–Crippen MR) is 79.7 cm³/mol. The van der Waals surface area contributed by atoms with Crippen LogP contribution in [0.2, 0.25) is 0 Å². The van der Waals surface area contributed by atoms with Crippen molar-refractivity contribution in [1.82, 2.24) is 0 Å². The molecule has 4 nitrogen and oxygen atoms in total. The van der Waals surface area contributed by atoms with E-state index >= 15 is 0 Å². The maximum absolute atomic E-state index is 12.5. The van der Waals surface area contributed by atoms with Crippen LogP contribution in [-0.4, -0.2) is 17.0 Å². The van der Waals surface area contributed by atoms with Crippen molar-refractivity contribution in [3.63, 3.8) is 0 Å². The summed E-state index contributed by atoms with van der Waals surface area (Å²) >= 11 is 0. The van der Waals surface area contributed by atoms with Crippen molar-refractivity contribution >= 4 is 23.1 Å². The van der Waals surface area contributed by atoms with Crippen LogP contribution in [-0.2, 0) is 16.1 Å². The summed E-state index contributed by atoms with van der Waals surface area (Å²) < 4.78 is 0. The minimum absolute atomic E-state index is 0.231. The molecule has 104 valence electrons. The van der Waals surface area contributed by atoms with Gasteiger partial charge < -0.3 is 10.0 Å². The maximum atomic E-state index is 12.5. The number of benzene rings is 2. The second-order valence-corrected chi connectivity index (χ2v) is 4.79. The number of hydrogen-bond acceptors (Lipinski definition) is 2. The number of fused-ring (bicyclic) bond motifs is 1. The molecule has 0 unspecified atom stereocenters. The van der Waals surface area contributed by atoms with Crippen molar-refractivity contribution in [2.75, 3.05) is 4.90 Å². The van der Waals surface area contributed by atoms with E-state index in [4.69, 9.17) is 5.11 Å². The van der Waals surface area contributed by atoms with E-state index < -0.39 is 5.97 Å². The SMILES string of the molecule is O=C(O)C=C1C(=O)N(Cc2ccccc2)c2ccccc21. The molecule has 0 saturated heterocycles. The van der Waals surface area contributed by atoms with Crippen molar-refractivity contribution in [2.45, 2.75) is 6.54 Å². The number of carboxylic acid groups (broad SMARTS) is 1. The normalized spacial score (nSPS) is 15.3. The molecule has 1 aliphatic rings. The van der Waals surface area contributed by atoms with Crippen molar-refractivity contribution in [1.29, 1.82) is 0 Å². The highest BCUT2D eigenvalue weighted by Crippen LogP contribution is 2.37. The van der Waals surface area contributed by atoms with Gasteiger partial charge in [-0.1, -0.05) is 48.5 Å². The monoisotopic (exact) mass is 279 g/mol. The van der Waals surface area contributed by atoms with E-state index in [1.54, 1.807) is 17.0 Å². The molecule has 0 fully saturated rings. The second kappa shape index (κ2) is 5.25. The molecule has 1 N–H and O–H groups in total. The first-order valence-electron chi connectivity index (χ1n) is 6.56. The highest BCUT2D eigenvalue weighted by Gasteiger charge is 2.32. The fourth-order valence-electron chi connectivity index (χ4n) is 2.49. The minimum Gasteiger partial charge on any atom is -0.478 e. The van der Waals surface area contributed by atoms with E-state index in [1.807, 2.05) is 42.5 Å². The highest BCUT2D eigenvalue weighted by atomic mass is 16.4. The third-order valence-corrected chi connectivity index (χ3v) is 3.41. The average Bonchev–Trinajstić information content (AvgIpc) is 2.74. The van der Waals surface area contributed by atoms with Crippen LogP contribution < -0.4 is 4.90 Å². The van der Waals surface area contributed by atoms with Crippen LogP contribution in [0.1, 0.15) is 11.1 Å². The molecule has 21 heavy (non-hydrogen) atoms. The molecule has 0 bridgehead atoms. The van der Waals surface area contributed by atoms with Crippen molar-refractivity contribution in [2.24, 2.45) is 0 Å². The molecule has 1 amide bonds. The lowest BCUT2D eigenvalue weighted by Gasteiger charge is -2.17. The lowest BCUT2D eigenvalue weighted by molar-refractivity contribution is -0.131. The Kier molecular flexibility index (Phi) is 3.28. The van der Waals surface area contributed by atoms with Gasteiger partial charge in [-0.25, -0.2) is 4.79 Å². The summed E-state index contributed by atoms with van der Waals surface area (Å²) in [5, 5.41) is 8.95. The van der Waals surface area contributed by atoms with Crippen LogP contribution in [0.15, 0.2) is 60.7 Å². The van der Waals surface area contributed by atoms with Gasteiger partial charge in [0.2, 0.25) is 0 Å². The van der Waals surface area contributed by atoms with Crippen molar-refractivity contribution in [3.05, 3.63) is 71.8 Å². The molecule has 0 saturated carbocycles. The lowest BCUT2D eigenvalue weighted by atomic mass is 10.1. The first-order chi connectivity index (χ1) is 10.2. The predicted octanol–water partition coefficient (Wildman–Crippen LogP) is 2.70. The van der Waals surface area contributed by atoms with E-state index in [9.17, 15) is 9.59 Å². The Labute approximate surface area is 121 Å². The molecular weight excluding hydrogens is 266 g/mol. The molecule has 2 aromatic carbocycles. The standard InChI is InChI=1S/C17H13NO3/c19-16(20)10-14-13-8-4-5-9-15(13)18(17(14)21)11-12-6-2-1-3-7-12/h1-10H,11H2,(H,19,20). The minimum atomic E-state index is -1.12. The summed E-state index contributed by atoms with van der Waals surface area (Å²) in [7, 11) is 0. The molecule has 2 aromatic rings. The number of carbonyl (C=O) groups is 2. The van der Waals surface area contributed by atoms with Crippen molar-refractivity contribution in [3.8, 4) is 0 Å². The van der Waals surface area contributed by atoms with Gasteiger partial charge in [-0.15, -0.1) is 0 Å². The molecule has 0 radical (unpaired) electrons. The molecule has 0 atom stereocenters. The van der Waals surface area contributed by atoms with E-state index in [-0.39, 0.29) is 11.5 Å². The van der Waals surface area contributed by atoms with Crippen molar-refractivity contribution < 1.29 is 14.7 Å². The summed E-state index contributed by atoms with van der Waals surface area (Å²) in [6, 6.07) is 16.9. The number of aliphatic carboxylic acids is 1. The lowest BCUT2D eigenvalue weighted by Crippen LogP contribution is -2.25. The molecule has 1 heterocycles. The van der Waals surface area contributed by atoms with Gasteiger partial charge in [0.1, 0.15) is 0 Å². The van der Waals surface area contributed by atoms with Gasteiger partial charge in [-0.05, 0) is 11.6 Å². The molecule has 0 aliphatic carbocycles.